The summed E-state index contributed by atoms with van der Waals surface area (Å²) >= 11 is 0. The predicted molar refractivity (Wildman–Crippen MR) is 55.1 cm³/mol. The number of fused-ring (bicyclic) bond motifs is 1. The number of aliphatic carboxylic acids is 1. The minimum atomic E-state index is -0.845. The van der Waals surface area contributed by atoms with E-state index in [2.05, 4.69) is 0 Å². The van der Waals surface area contributed by atoms with Crippen LogP contribution in [0, 0.1) is 6.92 Å². The number of hydrogen-bond donors (Lipinski definition) is 1. The van der Waals surface area contributed by atoms with E-state index in [1.165, 1.54) is 0 Å². The highest BCUT2D eigenvalue weighted by atomic mass is 16.4. The van der Waals surface area contributed by atoms with Crippen LogP contribution in [0.25, 0.3) is 0 Å². The molecule has 0 bridgehead atoms. The van der Waals surface area contributed by atoms with Crippen molar-refractivity contribution in [3.8, 4) is 0 Å². The second kappa shape index (κ2) is 3.50. The van der Waals surface area contributed by atoms with Gasteiger partial charge >= 0.3 is 5.97 Å². The van der Waals surface area contributed by atoms with Crippen molar-refractivity contribution in [2.24, 2.45) is 0 Å². The third-order valence-electron chi connectivity index (χ3n) is 2.80. The van der Waals surface area contributed by atoms with E-state index >= 15 is 0 Å². The Labute approximate surface area is 87.7 Å². The Hall–Kier alpha value is -1.64. The maximum Gasteiger partial charge on any atom is 0.303 e. The van der Waals surface area contributed by atoms with Gasteiger partial charge < -0.3 is 5.11 Å². The predicted octanol–water partition coefficient (Wildman–Crippen LogP) is 2.14. The molecule has 3 heteroatoms. The summed E-state index contributed by atoms with van der Waals surface area (Å²) in [7, 11) is 0. The van der Waals surface area contributed by atoms with E-state index in [9.17, 15) is 9.59 Å². The van der Waals surface area contributed by atoms with Gasteiger partial charge in [-0.1, -0.05) is 23.8 Å². The molecule has 1 aromatic rings. The first-order chi connectivity index (χ1) is 7.08. The van der Waals surface area contributed by atoms with E-state index in [0.717, 1.165) is 11.1 Å². The van der Waals surface area contributed by atoms with Crippen LogP contribution < -0.4 is 0 Å². The minimum absolute atomic E-state index is 0.0438. The molecule has 1 aromatic carbocycles. The van der Waals surface area contributed by atoms with Gasteiger partial charge in [-0.3, -0.25) is 9.59 Å². The van der Waals surface area contributed by atoms with Crippen molar-refractivity contribution < 1.29 is 14.7 Å². The number of carboxylic acids is 1. The molecule has 0 aromatic heterocycles. The molecule has 3 nitrogen and oxygen atoms in total. The van der Waals surface area contributed by atoms with Crippen molar-refractivity contribution in [2.45, 2.75) is 25.7 Å². The van der Waals surface area contributed by atoms with E-state index in [0.29, 0.717) is 12.0 Å². The van der Waals surface area contributed by atoms with Gasteiger partial charge in [0.2, 0.25) is 0 Å². The van der Waals surface area contributed by atoms with Crippen LogP contribution in [0.3, 0.4) is 0 Å². The van der Waals surface area contributed by atoms with Gasteiger partial charge in [0.1, 0.15) is 0 Å². The molecule has 78 valence electrons. The lowest BCUT2D eigenvalue weighted by Crippen LogP contribution is -2.03. The van der Waals surface area contributed by atoms with Crippen LogP contribution in [0.5, 0.6) is 0 Å². The number of hydrogen-bond acceptors (Lipinski definition) is 2. The fourth-order valence-electron chi connectivity index (χ4n) is 2.11. The average molecular weight is 204 g/mol. The number of Topliss-reactive ketones (excluding diaryl/α,β-unsaturated/α-hetero) is 1. The van der Waals surface area contributed by atoms with Crippen molar-refractivity contribution in [2.75, 3.05) is 0 Å². The van der Waals surface area contributed by atoms with Crippen molar-refractivity contribution in [3.05, 3.63) is 34.9 Å². The van der Waals surface area contributed by atoms with Gasteiger partial charge in [0.05, 0.1) is 6.42 Å². The number of carboxylic acid groups (broad SMARTS) is 1. The lowest BCUT2D eigenvalue weighted by Gasteiger charge is -2.07. The number of ketones is 1. The van der Waals surface area contributed by atoms with Crippen molar-refractivity contribution in [1.82, 2.24) is 0 Å². The molecule has 2 rings (SSSR count). The van der Waals surface area contributed by atoms with Crippen LogP contribution in [-0.2, 0) is 4.79 Å². The molecule has 0 heterocycles. The third-order valence-corrected chi connectivity index (χ3v) is 2.80. The molecule has 0 spiro atoms. The Bertz CT molecular complexity index is 432. The van der Waals surface area contributed by atoms with E-state index < -0.39 is 5.97 Å². The third kappa shape index (κ3) is 1.77. The number of rotatable bonds is 2. The summed E-state index contributed by atoms with van der Waals surface area (Å²) in [5.41, 5.74) is 2.67. The largest absolute Gasteiger partial charge is 0.481 e. The van der Waals surface area contributed by atoms with Gasteiger partial charge in [-0.2, -0.15) is 0 Å². The maximum atomic E-state index is 11.6. The molecule has 0 radical (unpaired) electrons. The van der Waals surface area contributed by atoms with Gasteiger partial charge in [-0.05, 0) is 12.5 Å². The highest BCUT2D eigenvalue weighted by molar-refractivity contribution is 6.01. The summed E-state index contributed by atoms with van der Waals surface area (Å²) in [6.07, 6.45) is 0.382. The van der Waals surface area contributed by atoms with Crippen LogP contribution in [-0.4, -0.2) is 16.9 Å². The average Bonchev–Trinajstić information content (AvgIpc) is 2.42. The van der Waals surface area contributed by atoms with E-state index in [1.54, 1.807) is 6.07 Å². The van der Waals surface area contributed by atoms with Crippen LogP contribution in [0.2, 0.25) is 0 Å². The Morgan fingerprint density at radius 3 is 2.93 bits per heavy atom. The Kier molecular flexibility index (Phi) is 2.31. The number of benzene rings is 1. The lowest BCUT2D eigenvalue weighted by molar-refractivity contribution is -0.137. The zero-order valence-electron chi connectivity index (χ0n) is 8.49. The molecule has 1 aliphatic rings. The molecule has 0 fully saturated rings. The highest BCUT2D eigenvalue weighted by Gasteiger charge is 2.30. The van der Waals surface area contributed by atoms with Crippen LogP contribution in [0.15, 0.2) is 18.2 Å². The molecule has 1 N–H and O–H groups in total. The smallest absolute Gasteiger partial charge is 0.303 e. The summed E-state index contributed by atoms with van der Waals surface area (Å²) < 4.78 is 0. The molecular weight excluding hydrogens is 192 g/mol. The van der Waals surface area contributed by atoms with Gasteiger partial charge in [-0.15, -0.1) is 0 Å². The minimum Gasteiger partial charge on any atom is -0.481 e. The summed E-state index contributed by atoms with van der Waals surface area (Å²) in [6, 6.07) is 5.61. The molecule has 1 unspecified atom stereocenters. The van der Waals surface area contributed by atoms with Crippen molar-refractivity contribution >= 4 is 11.8 Å². The second-order valence-corrected chi connectivity index (χ2v) is 4.01. The lowest BCUT2D eigenvalue weighted by atomic mass is 9.96. The Morgan fingerprint density at radius 1 is 1.53 bits per heavy atom. The number of carbonyl (C=O) groups excluding carboxylic acids is 1. The fourth-order valence-corrected chi connectivity index (χ4v) is 2.11. The van der Waals surface area contributed by atoms with Gasteiger partial charge in [0, 0.05) is 17.9 Å². The first-order valence-electron chi connectivity index (χ1n) is 4.93. The second-order valence-electron chi connectivity index (χ2n) is 4.01. The monoisotopic (exact) mass is 204 g/mol. The van der Waals surface area contributed by atoms with Crippen LogP contribution in [0.1, 0.15) is 40.2 Å². The Morgan fingerprint density at radius 2 is 2.27 bits per heavy atom. The first-order valence-corrected chi connectivity index (χ1v) is 4.93. The summed E-state index contributed by atoms with van der Waals surface area (Å²) in [5.74, 6) is -0.914. The molecule has 15 heavy (non-hydrogen) atoms. The molecule has 0 amide bonds. The van der Waals surface area contributed by atoms with Crippen molar-refractivity contribution in [3.63, 3.8) is 0 Å². The zero-order valence-corrected chi connectivity index (χ0v) is 8.49. The molecule has 1 atom stereocenters. The van der Waals surface area contributed by atoms with Crippen LogP contribution in [0.4, 0.5) is 0 Å². The standard InChI is InChI=1S/C12H12O3/c1-7-2-3-9-10(4-7)8(5-11(9)13)6-12(14)15/h2-4,8H,5-6H2,1H3,(H,14,15). The molecule has 1 aliphatic carbocycles. The van der Waals surface area contributed by atoms with Gasteiger partial charge in [-0.25, -0.2) is 0 Å². The van der Waals surface area contributed by atoms with E-state index in [-0.39, 0.29) is 18.1 Å². The molecule has 0 saturated heterocycles. The Balaban J connectivity index is 2.39. The highest BCUT2D eigenvalue weighted by Crippen LogP contribution is 2.35. The summed E-state index contributed by atoms with van der Waals surface area (Å²) in [6.45, 7) is 1.95. The zero-order chi connectivity index (χ0) is 11.0. The van der Waals surface area contributed by atoms with Crippen LogP contribution >= 0.6 is 0 Å². The fraction of sp³-hybridized carbons (Fsp3) is 0.333. The van der Waals surface area contributed by atoms with Gasteiger partial charge in [0.25, 0.3) is 0 Å². The van der Waals surface area contributed by atoms with Crippen molar-refractivity contribution in [1.29, 1.82) is 0 Å². The topological polar surface area (TPSA) is 54.4 Å². The molecule has 0 aliphatic heterocycles. The van der Waals surface area contributed by atoms with Gasteiger partial charge in [0.15, 0.2) is 5.78 Å². The normalized spacial score (nSPS) is 19.0. The summed E-state index contributed by atoms with van der Waals surface area (Å²) in [5, 5.41) is 8.74. The first kappa shape index (κ1) is 9.90. The molecule has 0 saturated carbocycles. The van der Waals surface area contributed by atoms with E-state index in [4.69, 9.17) is 5.11 Å². The molecular formula is C12H12O3. The summed E-state index contributed by atoms with van der Waals surface area (Å²) in [4.78, 5) is 22.2. The maximum absolute atomic E-state index is 11.6. The van der Waals surface area contributed by atoms with E-state index in [1.807, 2.05) is 19.1 Å². The SMILES string of the molecule is Cc1ccc2c(c1)C(CC(=O)O)CC2=O. The number of aryl methyl sites for hydroxylation is 1. The number of carbonyl (C=O) groups is 2. The quantitative estimate of drug-likeness (QED) is 0.802.